The van der Waals surface area contributed by atoms with Gasteiger partial charge in [0.25, 0.3) is 0 Å². The number of aromatic nitrogens is 3. The Kier molecular flexibility index (Phi) is 3.42. The number of benzene rings is 2. The van der Waals surface area contributed by atoms with Crippen molar-refractivity contribution in [3.05, 3.63) is 66.5 Å². The number of fused-ring (bicyclic) bond motifs is 1. The molecule has 2 aromatic carbocycles. The van der Waals surface area contributed by atoms with Crippen molar-refractivity contribution in [3.8, 4) is 22.6 Å². The molecule has 2 aromatic heterocycles. The van der Waals surface area contributed by atoms with E-state index in [1.807, 2.05) is 42.1 Å². The van der Waals surface area contributed by atoms with E-state index in [1.165, 1.54) is 12.1 Å². The number of imidazole rings is 1. The van der Waals surface area contributed by atoms with E-state index in [1.54, 1.807) is 6.20 Å². The van der Waals surface area contributed by atoms with Crippen molar-refractivity contribution in [1.29, 1.82) is 0 Å². The lowest BCUT2D eigenvalue weighted by Gasteiger charge is -2.09. The first-order valence-corrected chi connectivity index (χ1v) is 7.71. The summed E-state index contributed by atoms with van der Waals surface area (Å²) in [6.07, 6.45) is -0.803. The Balaban J connectivity index is 1.95. The van der Waals surface area contributed by atoms with E-state index in [2.05, 4.69) is 9.97 Å². The molecule has 0 saturated heterocycles. The summed E-state index contributed by atoms with van der Waals surface area (Å²) in [6, 6.07) is 12.9. The smallest absolute Gasteiger partial charge is 0.354 e. The number of rotatable bonds is 2. The highest BCUT2D eigenvalue weighted by Crippen LogP contribution is 2.38. The first-order valence-electron chi connectivity index (χ1n) is 7.71. The van der Waals surface area contributed by atoms with E-state index in [-0.39, 0.29) is 0 Å². The molecule has 0 spiro atoms. The predicted octanol–water partition coefficient (Wildman–Crippen LogP) is 5.25. The van der Waals surface area contributed by atoms with Gasteiger partial charge in [-0.2, -0.15) is 13.2 Å². The van der Waals surface area contributed by atoms with Gasteiger partial charge < -0.3 is 9.55 Å². The highest BCUT2D eigenvalue weighted by atomic mass is 19.4. The summed E-state index contributed by atoms with van der Waals surface area (Å²) in [5.74, 6) is 0.757. The predicted molar refractivity (Wildman–Crippen MR) is 90.9 cm³/mol. The summed E-state index contributed by atoms with van der Waals surface area (Å²) in [5.41, 5.74) is 2.57. The van der Waals surface area contributed by atoms with Crippen LogP contribution < -0.4 is 0 Å². The summed E-state index contributed by atoms with van der Waals surface area (Å²) in [5, 5.41) is 0.978. The maximum absolute atomic E-state index is 12.8. The lowest BCUT2D eigenvalue weighted by atomic mass is 10.0. The minimum absolute atomic E-state index is 0.661. The number of nitrogens with one attached hydrogen (secondary N) is 1. The lowest BCUT2D eigenvalue weighted by molar-refractivity contribution is -0.137. The van der Waals surface area contributed by atoms with Crippen LogP contribution in [0.15, 0.2) is 60.9 Å². The third-order valence-corrected chi connectivity index (χ3v) is 4.25. The number of aromatic amines is 1. The van der Waals surface area contributed by atoms with Crippen molar-refractivity contribution in [2.24, 2.45) is 7.05 Å². The molecule has 0 aliphatic rings. The second kappa shape index (κ2) is 5.51. The number of nitrogens with zero attached hydrogens (tertiary/aromatic N) is 2. The molecule has 1 N–H and O–H groups in total. The third-order valence-electron chi connectivity index (χ3n) is 4.25. The van der Waals surface area contributed by atoms with Crippen LogP contribution >= 0.6 is 0 Å². The Morgan fingerprint density at radius 2 is 1.72 bits per heavy atom. The van der Waals surface area contributed by atoms with Crippen molar-refractivity contribution < 1.29 is 13.2 Å². The fraction of sp³-hybridized carbons (Fsp3) is 0.105. The molecular formula is C19H14F3N3. The van der Waals surface area contributed by atoms with E-state index in [0.717, 1.165) is 40.1 Å². The summed E-state index contributed by atoms with van der Waals surface area (Å²) in [4.78, 5) is 7.73. The minimum atomic E-state index is -4.35. The Morgan fingerprint density at radius 1 is 1.00 bits per heavy atom. The van der Waals surface area contributed by atoms with Crippen LogP contribution in [-0.2, 0) is 13.2 Å². The zero-order chi connectivity index (χ0) is 17.6. The molecule has 4 rings (SSSR count). The molecule has 6 heteroatoms. The number of aryl methyl sites for hydroxylation is 1. The van der Waals surface area contributed by atoms with E-state index < -0.39 is 11.7 Å². The maximum atomic E-state index is 12.8. The van der Waals surface area contributed by atoms with Crippen molar-refractivity contribution in [2.75, 3.05) is 0 Å². The highest BCUT2D eigenvalue weighted by Gasteiger charge is 2.30. The highest BCUT2D eigenvalue weighted by molar-refractivity contribution is 6.02. The van der Waals surface area contributed by atoms with E-state index >= 15 is 0 Å². The second-order valence-electron chi connectivity index (χ2n) is 5.86. The van der Waals surface area contributed by atoms with Crippen LogP contribution in [0.1, 0.15) is 5.56 Å². The van der Waals surface area contributed by atoms with Crippen LogP contribution in [0, 0.1) is 0 Å². The van der Waals surface area contributed by atoms with Crippen LogP contribution in [0.5, 0.6) is 0 Å². The maximum Gasteiger partial charge on any atom is 0.416 e. The van der Waals surface area contributed by atoms with Crippen LogP contribution in [-0.4, -0.2) is 14.5 Å². The molecule has 0 aliphatic carbocycles. The van der Waals surface area contributed by atoms with Crippen molar-refractivity contribution in [2.45, 2.75) is 6.18 Å². The molecule has 0 bridgehead atoms. The van der Waals surface area contributed by atoms with Gasteiger partial charge in [0.05, 0.1) is 16.8 Å². The van der Waals surface area contributed by atoms with Crippen LogP contribution in [0.25, 0.3) is 33.5 Å². The molecule has 0 radical (unpaired) electrons. The first-order chi connectivity index (χ1) is 11.9. The summed E-state index contributed by atoms with van der Waals surface area (Å²) in [7, 11) is 1.89. The Bertz CT molecular complexity index is 1040. The Morgan fingerprint density at radius 3 is 2.36 bits per heavy atom. The topological polar surface area (TPSA) is 33.6 Å². The number of H-pyrrole nitrogens is 1. The Labute approximate surface area is 141 Å². The molecule has 0 unspecified atom stereocenters. The molecule has 2 heterocycles. The van der Waals surface area contributed by atoms with E-state index in [4.69, 9.17) is 0 Å². The molecule has 126 valence electrons. The molecule has 3 nitrogen and oxygen atoms in total. The van der Waals surface area contributed by atoms with Gasteiger partial charge in [-0.3, -0.25) is 0 Å². The lowest BCUT2D eigenvalue weighted by Crippen LogP contribution is -2.04. The van der Waals surface area contributed by atoms with Gasteiger partial charge in [-0.05, 0) is 23.8 Å². The van der Waals surface area contributed by atoms with Crippen molar-refractivity contribution in [1.82, 2.24) is 14.5 Å². The van der Waals surface area contributed by atoms with Gasteiger partial charge in [-0.1, -0.05) is 30.3 Å². The summed E-state index contributed by atoms with van der Waals surface area (Å²) in [6.45, 7) is 0. The normalized spacial score (nSPS) is 12.0. The van der Waals surface area contributed by atoms with Gasteiger partial charge in [0.2, 0.25) is 0 Å². The molecular weight excluding hydrogens is 327 g/mol. The minimum Gasteiger partial charge on any atom is -0.354 e. The largest absolute Gasteiger partial charge is 0.416 e. The van der Waals surface area contributed by atoms with Gasteiger partial charge >= 0.3 is 6.18 Å². The first kappa shape index (κ1) is 15.5. The molecule has 0 amide bonds. The number of hydrogen-bond donors (Lipinski definition) is 1. The Hall–Kier alpha value is -3.02. The van der Waals surface area contributed by atoms with Gasteiger partial charge in [0.15, 0.2) is 0 Å². The van der Waals surface area contributed by atoms with Crippen molar-refractivity contribution in [3.63, 3.8) is 0 Å². The fourth-order valence-corrected chi connectivity index (χ4v) is 3.02. The van der Waals surface area contributed by atoms with Crippen molar-refractivity contribution >= 4 is 10.9 Å². The number of halogens is 3. The average molecular weight is 341 g/mol. The van der Waals surface area contributed by atoms with Gasteiger partial charge in [-0.15, -0.1) is 0 Å². The van der Waals surface area contributed by atoms with E-state index in [0.29, 0.717) is 5.56 Å². The molecule has 0 atom stereocenters. The monoisotopic (exact) mass is 341 g/mol. The molecule has 0 aliphatic heterocycles. The molecule has 4 aromatic rings. The average Bonchev–Trinajstić information content (AvgIpc) is 3.17. The van der Waals surface area contributed by atoms with Crippen LogP contribution in [0.4, 0.5) is 13.2 Å². The van der Waals surface area contributed by atoms with E-state index in [9.17, 15) is 13.2 Å². The number of hydrogen-bond acceptors (Lipinski definition) is 1. The van der Waals surface area contributed by atoms with Gasteiger partial charge in [-0.25, -0.2) is 4.98 Å². The van der Waals surface area contributed by atoms with Crippen LogP contribution in [0.2, 0.25) is 0 Å². The second-order valence-corrected chi connectivity index (χ2v) is 5.86. The van der Waals surface area contributed by atoms with Crippen LogP contribution in [0.3, 0.4) is 0 Å². The zero-order valence-corrected chi connectivity index (χ0v) is 13.3. The molecule has 25 heavy (non-hydrogen) atoms. The fourth-order valence-electron chi connectivity index (χ4n) is 3.02. The van der Waals surface area contributed by atoms with Gasteiger partial charge in [0, 0.05) is 30.3 Å². The molecule has 0 saturated carbocycles. The summed E-state index contributed by atoms with van der Waals surface area (Å²) < 4.78 is 40.4. The summed E-state index contributed by atoms with van der Waals surface area (Å²) >= 11 is 0. The molecule has 0 fully saturated rings. The number of para-hydroxylation sites is 1. The quantitative estimate of drug-likeness (QED) is 0.530. The standard InChI is InChI=1S/C19H14F3N3/c1-25-11-10-23-18(25)16-14-4-2-3-5-15(14)24-17(16)12-6-8-13(9-7-12)19(20,21)22/h2-11,24H,1H3. The third kappa shape index (κ3) is 2.59. The SMILES string of the molecule is Cn1ccnc1-c1c(-c2ccc(C(F)(F)F)cc2)[nH]c2ccccc12. The van der Waals surface area contributed by atoms with Gasteiger partial charge in [0.1, 0.15) is 5.82 Å². The number of alkyl halides is 3. The zero-order valence-electron chi connectivity index (χ0n) is 13.3.